The number of thiophene rings is 1. The van der Waals surface area contributed by atoms with Gasteiger partial charge >= 0.3 is 5.97 Å². The molecule has 1 amide bonds. The largest absolute Gasteiger partial charge is 0.465 e. The van der Waals surface area contributed by atoms with Crippen molar-refractivity contribution in [3.63, 3.8) is 0 Å². The van der Waals surface area contributed by atoms with E-state index in [0.29, 0.717) is 26.3 Å². The van der Waals surface area contributed by atoms with Gasteiger partial charge in [0, 0.05) is 5.69 Å². The molecular formula is C19H19N3O4S. The van der Waals surface area contributed by atoms with Crippen molar-refractivity contribution in [2.45, 2.75) is 27.3 Å². The fourth-order valence-electron chi connectivity index (χ4n) is 2.73. The van der Waals surface area contributed by atoms with Crippen LogP contribution in [0, 0.1) is 13.8 Å². The molecule has 0 aliphatic heterocycles. The van der Waals surface area contributed by atoms with Gasteiger partial charge in [-0.2, -0.15) is 0 Å². The first-order chi connectivity index (χ1) is 12.9. The Morgan fingerprint density at radius 3 is 2.70 bits per heavy atom. The minimum atomic E-state index is -0.508. The molecule has 2 aromatic heterocycles. The Kier molecular flexibility index (Phi) is 5.36. The van der Waals surface area contributed by atoms with E-state index in [1.807, 2.05) is 31.2 Å². The normalized spacial score (nSPS) is 10.8. The molecule has 0 radical (unpaired) electrons. The molecule has 8 heteroatoms. The van der Waals surface area contributed by atoms with Gasteiger partial charge in [-0.1, -0.05) is 18.2 Å². The number of para-hydroxylation sites is 1. The summed E-state index contributed by atoms with van der Waals surface area (Å²) >= 11 is 1.16. The number of ether oxygens (including phenoxy) is 1. The Labute approximate surface area is 159 Å². The summed E-state index contributed by atoms with van der Waals surface area (Å²) in [6, 6.07) is 7.46. The first-order valence-electron chi connectivity index (χ1n) is 8.43. The summed E-state index contributed by atoms with van der Waals surface area (Å²) in [7, 11) is 0. The second-order valence-electron chi connectivity index (χ2n) is 5.99. The second kappa shape index (κ2) is 7.71. The lowest BCUT2D eigenvalue weighted by Gasteiger charge is -2.07. The Bertz CT molecular complexity index is 1080. The molecule has 7 nitrogen and oxygen atoms in total. The van der Waals surface area contributed by atoms with E-state index in [0.717, 1.165) is 16.9 Å². The summed E-state index contributed by atoms with van der Waals surface area (Å²) < 4.78 is 6.07. The number of fused-ring (bicyclic) bond motifs is 1. The number of nitrogens with zero attached hydrogens (tertiary/aromatic N) is 2. The quantitative estimate of drug-likeness (QED) is 0.682. The van der Waals surface area contributed by atoms with E-state index in [2.05, 4.69) is 10.3 Å². The van der Waals surface area contributed by atoms with Crippen LogP contribution in [0.5, 0.6) is 0 Å². The van der Waals surface area contributed by atoms with Gasteiger partial charge in [0.15, 0.2) is 0 Å². The summed E-state index contributed by atoms with van der Waals surface area (Å²) in [5.41, 5.74) is 1.85. The van der Waals surface area contributed by atoms with E-state index in [1.165, 1.54) is 10.9 Å². The van der Waals surface area contributed by atoms with Crippen molar-refractivity contribution in [1.29, 1.82) is 0 Å². The third kappa shape index (κ3) is 3.75. The number of carbonyl (C=O) groups is 2. The van der Waals surface area contributed by atoms with Gasteiger partial charge in [0.25, 0.3) is 11.5 Å². The number of carbonyl (C=O) groups excluding carboxylic acids is 2. The highest BCUT2D eigenvalue weighted by molar-refractivity contribution is 7.20. The molecule has 1 aromatic carbocycles. The summed E-state index contributed by atoms with van der Waals surface area (Å²) in [5.74, 6) is -0.799. The molecule has 27 heavy (non-hydrogen) atoms. The number of nitrogens with one attached hydrogen (secondary N) is 1. The van der Waals surface area contributed by atoms with Crippen LogP contribution in [0.25, 0.3) is 10.2 Å². The van der Waals surface area contributed by atoms with Gasteiger partial charge in [-0.25, -0.2) is 4.98 Å². The molecule has 0 unspecified atom stereocenters. The van der Waals surface area contributed by atoms with Gasteiger partial charge in [-0.15, -0.1) is 11.3 Å². The van der Waals surface area contributed by atoms with E-state index in [9.17, 15) is 14.4 Å². The molecule has 3 rings (SSSR count). The fourth-order valence-corrected chi connectivity index (χ4v) is 3.76. The smallest absolute Gasteiger partial charge is 0.326 e. The Hall–Kier alpha value is -3.00. The van der Waals surface area contributed by atoms with Gasteiger partial charge in [0.1, 0.15) is 11.4 Å². The fraction of sp³-hybridized carbons (Fsp3) is 0.263. The van der Waals surface area contributed by atoms with Crippen LogP contribution >= 0.6 is 11.3 Å². The molecular weight excluding hydrogens is 366 g/mol. The van der Waals surface area contributed by atoms with Gasteiger partial charge in [-0.3, -0.25) is 19.0 Å². The zero-order chi connectivity index (χ0) is 19.6. The van der Waals surface area contributed by atoms with E-state index in [-0.39, 0.29) is 24.6 Å². The minimum Gasteiger partial charge on any atom is -0.465 e. The summed E-state index contributed by atoms with van der Waals surface area (Å²) in [5, 5.41) is 3.22. The second-order valence-corrected chi connectivity index (χ2v) is 6.99. The monoisotopic (exact) mass is 385 g/mol. The predicted molar refractivity (Wildman–Crippen MR) is 104 cm³/mol. The van der Waals surface area contributed by atoms with Crippen molar-refractivity contribution < 1.29 is 14.3 Å². The van der Waals surface area contributed by atoms with Crippen LogP contribution in [0.15, 0.2) is 35.4 Å². The van der Waals surface area contributed by atoms with E-state index in [4.69, 9.17) is 4.74 Å². The molecule has 0 aliphatic rings. The van der Waals surface area contributed by atoms with Gasteiger partial charge in [0.05, 0.1) is 23.2 Å². The van der Waals surface area contributed by atoms with Gasteiger partial charge in [-0.05, 0) is 38.0 Å². The third-order valence-electron chi connectivity index (χ3n) is 4.12. The van der Waals surface area contributed by atoms with Crippen LogP contribution in [0.4, 0.5) is 5.69 Å². The number of amides is 1. The maximum absolute atomic E-state index is 12.7. The number of hydrogen-bond donors (Lipinski definition) is 1. The van der Waals surface area contributed by atoms with Crippen LogP contribution < -0.4 is 10.9 Å². The van der Waals surface area contributed by atoms with Gasteiger partial charge in [0.2, 0.25) is 0 Å². The first-order valence-corrected chi connectivity index (χ1v) is 9.25. The predicted octanol–water partition coefficient (Wildman–Crippen LogP) is 2.89. The van der Waals surface area contributed by atoms with Crippen molar-refractivity contribution in [1.82, 2.24) is 9.55 Å². The SMILES string of the molecule is CCOC(=O)Cn1cnc2sc(C(=O)Nc3ccccc3C)c(C)c2c1=O. The average molecular weight is 385 g/mol. The zero-order valence-corrected chi connectivity index (χ0v) is 16.1. The van der Waals surface area contributed by atoms with Gasteiger partial charge < -0.3 is 10.1 Å². The highest BCUT2D eigenvalue weighted by atomic mass is 32.1. The van der Waals surface area contributed by atoms with E-state index < -0.39 is 5.97 Å². The van der Waals surface area contributed by atoms with Crippen LogP contribution in [0.2, 0.25) is 0 Å². The molecule has 3 aromatic rings. The topological polar surface area (TPSA) is 90.3 Å². The van der Waals surface area contributed by atoms with Crippen molar-refractivity contribution in [3.05, 3.63) is 57.0 Å². The van der Waals surface area contributed by atoms with Crippen LogP contribution in [-0.2, 0) is 16.1 Å². The molecule has 0 atom stereocenters. The molecule has 2 heterocycles. The highest BCUT2D eigenvalue weighted by Gasteiger charge is 2.20. The molecule has 0 saturated heterocycles. The Morgan fingerprint density at radius 1 is 1.26 bits per heavy atom. The highest BCUT2D eigenvalue weighted by Crippen LogP contribution is 2.28. The number of aromatic nitrogens is 2. The lowest BCUT2D eigenvalue weighted by atomic mass is 10.2. The molecule has 0 saturated carbocycles. The number of benzene rings is 1. The van der Waals surface area contributed by atoms with Crippen LogP contribution in [0.3, 0.4) is 0 Å². The number of aryl methyl sites for hydroxylation is 2. The molecule has 1 N–H and O–H groups in total. The maximum Gasteiger partial charge on any atom is 0.326 e. The number of rotatable bonds is 5. The summed E-state index contributed by atoms with van der Waals surface area (Å²) in [4.78, 5) is 42.2. The Balaban J connectivity index is 1.96. The van der Waals surface area contributed by atoms with Crippen molar-refractivity contribution >= 4 is 39.1 Å². The molecule has 0 spiro atoms. The van der Waals surface area contributed by atoms with Crippen LogP contribution in [-0.4, -0.2) is 28.0 Å². The van der Waals surface area contributed by atoms with Crippen molar-refractivity contribution in [2.75, 3.05) is 11.9 Å². The third-order valence-corrected chi connectivity index (χ3v) is 5.32. The van der Waals surface area contributed by atoms with Crippen molar-refractivity contribution in [2.24, 2.45) is 0 Å². The van der Waals surface area contributed by atoms with Crippen LogP contribution in [0.1, 0.15) is 27.7 Å². The molecule has 140 valence electrons. The first kappa shape index (κ1) is 18.8. The lowest BCUT2D eigenvalue weighted by molar-refractivity contribution is -0.143. The summed E-state index contributed by atoms with van der Waals surface area (Å²) in [6.07, 6.45) is 1.31. The van der Waals surface area contributed by atoms with Crippen molar-refractivity contribution in [3.8, 4) is 0 Å². The molecule has 0 bridgehead atoms. The maximum atomic E-state index is 12.7. The number of esters is 1. The average Bonchev–Trinajstić information content (AvgIpc) is 2.97. The summed E-state index contributed by atoms with van der Waals surface area (Å²) in [6.45, 7) is 5.34. The zero-order valence-electron chi connectivity index (χ0n) is 15.2. The molecule has 0 aliphatic carbocycles. The van der Waals surface area contributed by atoms with E-state index >= 15 is 0 Å². The number of anilines is 1. The van der Waals surface area contributed by atoms with E-state index in [1.54, 1.807) is 13.8 Å². The molecule has 0 fully saturated rings. The number of hydrogen-bond acceptors (Lipinski definition) is 6. The Morgan fingerprint density at radius 2 is 2.00 bits per heavy atom. The lowest BCUT2D eigenvalue weighted by Crippen LogP contribution is -2.25. The minimum absolute atomic E-state index is 0.213. The standard InChI is InChI=1S/C19H19N3O4S/c1-4-26-14(23)9-22-10-20-18-15(19(22)25)12(3)16(27-18)17(24)21-13-8-6-5-7-11(13)2/h5-8,10H,4,9H2,1-3H3,(H,21,24).